The lowest BCUT2D eigenvalue weighted by molar-refractivity contribution is -0.249. The van der Waals surface area contributed by atoms with Crippen molar-refractivity contribution in [1.29, 1.82) is 0 Å². The first-order valence-corrected chi connectivity index (χ1v) is 54.2. The van der Waals surface area contributed by atoms with E-state index in [2.05, 4.69) is 158 Å². The Balaban J connectivity index is 0.000000172. The molecule has 0 spiro atoms. The number of rotatable bonds is 25. The Morgan fingerprint density at radius 2 is 0.578 bits per heavy atom. The van der Waals surface area contributed by atoms with Crippen LogP contribution in [0.2, 0.25) is 0 Å². The predicted molar refractivity (Wildman–Crippen MR) is 538 cm³/mol. The second-order valence-electron chi connectivity index (χ2n) is 55.3. The van der Waals surface area contributed by atoms with Gasteiger partial charge in [-0.2, -0.15) is 0 Å². The number of allylic oxidation sites excluding steroid dienone is 3. The van der Waals surface area contributed by atoms with Crippen LogP contribution in [-0.4, -0.2) is 89.3 Å². The Bertz CT molecular complexity index is 4420. The molecule has 0 saturated heterocycles. The van der Waals surface area contributed by atoms with E-state index in [1.807, 2.05) is 55.4 Å². The van der Waals surface area contributed by atoms with Crippen molar-refractivity contribution in [2.24, 2.45) is 186 Å². The number of carbonyl (C=O) groups is 9. The molecular weight excluding hydrogens is 1700 g/mol. The molecule has 135 heavy (non-hydrogen) atoms. The highest BCUT2D eigenvalue weighted by Crippen LogP contribution is 2.83. The van der Waals surface area contributed by atoms with Crippen LogP contribution >= 0.6 is 11.6 Å². The third-order valence-electron chi connectivity index (χ3n) is 46.1. The van der Waals surface area contributed by atoms with E-state index in [1.54, 1.807) is 12.2 Å². The van der Waals surface area contributed by atoms with Crippen molar-refractivity contribution >= 4 is 64.2 Å². The molecule has 0 aliphatic heterocycles. The molecule has 15 nitrogen and oxygen atoms in total. The van der Waals surface area contributed by atoms with Crippen LogP contribution in [0.5, 0.6) is 0 Å². The zero-order valence-corrected chi connectivity index (χ0v) is 90.2. The number of esters is 5. The summed E-state index contributed by atoms with van der Waals surface area (Å²) in [5.74, 6) is 5.94. The Morgan fingerprint density at radius 3 is 0.837 bits per heavy atom. The molecule has 15 aliphatic rings. The summed E-state index contributed by atoms with van der Waals surface area (Å²) in [5, 5.41) is 9.18. The minimum absolute atomic E-state index is 0.0433. The summed E-state index contributed by atoms with van der Waals surface area (Å²) in [7, 11) is 0. The van der Waals surface area contributed by atoms with Gasteiger partial charge in [0.1, 0.15) is 43.1 Å². The first kappa shape index (κ1) is 107. The average molecular weight is 1890 g/mol. The molecule has 16 heteroatoms. The van der Waals surface area contributed by atoms with E-state index in [1.165, 1.54) is 68.1 Å². The number of carboxylic acid groups (broad SMARTS) is 1. The molecule has 0 radical (unpaired) electrons. The maximum absolute atomic E-state index is 13.4. The molecule has 15 rings (SSSR count). The van der Waals surface area contributed by atoms with Crippen LogP contribution in [0.15, 0.2) is 61.8 Å². The van der Waals surface area contributed by atoms with Crippen molar-refractivity contribution in [3.05, 3.63) is 61.8 Å². The van der Waals surface area contributed by atoms with Gasteiger partial charge in [0.05, 0.1) is 38.5 Å². The molecule has 1 N–H and O–H groups in total. The van der Waals surface area contributed by atoms with E-state index in [4.69, 9.17) is 35.3 Å². The molecule has 15 fully saturated rings. The van der Waals surface area contributed by atoms with E-state index in [9.17, 15) is 48.3 Å². The van der Waals surface area contributed by atoms with Gasteiger partial charge in [-0.1, -0.05) is 207 Å². The lowest BCUT2D eigenvalue weighted by atomic mass is 9.32. The fourth-order valence-corrected chi connectivity index (χ4v) is 39.4. The molecule has 0 heterocycles. The molecule has 15 aliphatic carbocycles. The van der Waals surface area contributed by atoms with Crippen molar-refractivity contribution in [3.63, 3.8) is 0 Å². The Kier molecular flexibility index (Phi) is 29.5. The van der Waals surface area contributed by atoms with Gasteiger partial charge in [-0.3, -0.25) is 43.2 Å². The molecule has 0 aromatic carbocycles. The van der Waals surface area contributed by atoms with E-state index >= 15 is 0 Å². The van der Waals surface area contributed by atoms with Crippen LogP contribution in [0, 0.1) is 186 Å². The Morgan fingerprint density at radius 1 is 0.319 bits per heavy atom. The maximum atomic E-state index is 13.4. The highest BCUT2D eigenvalue weighted by Gasteiger charge is 2.77. The molecule has 30 atom stereocenters. The number of halogens is 1. The van der Waals surface area contributed by atoms with Crippen LogP contribution in [0.3, 0.4) is 0 Å². The monoisotopic (exact) mass is 1890 g/mol. The molecule has 758 valence electrons. The second-order valence-corrected chi connectivity index (χ2v) is 55.7. The Labute approximate surface area is 821 Å². The normalized spacial score (nSPS) is 43.5. The highest BCUT2D eigenvalue weighted by atomic mass is 35.5. The van der Waals surface area contributed by atoms with Gasteiger partial charge in [-0.15, -0.1) is 0 Å². The molecule has 0 amide bonds. The van der Waals surface area contributed by atoms with Gasteiger partial charge >= 0.3 is 35.8 Å². The number of carbonyl (C=O) groups excluding carboxylic acids is 8. The quantitative estimate of drug-likeness (QED) is 0.0389. The van der Waals surface area contributed by atoms with E-state index < -0.39 is 22.2 Å². The minimum Gasteiger partial charge on any atom is -0.481 e. The number of carboxylic acids is 1. The van der Waals surface area contributed by atoms with Crippen LogP contribution < -0.4 is 0 Å². The van der Waals surface area contributed by atoms with Crippen molar-refractivity contribution in [3.8, 4) is 0 Å². The van der Waals surface area contributed by atoms with Crippen molar-refractivity contribution in [1.82, 2.24) is 0 Å². The summed E-state index contributed by atoms with van der Waals surface area (Å²) in [6.07, 6.45) is 36.1. The van der Waals surface area contributed by atoms with E-state index in [0.717, 1.165) is 141 Å². The molecule has 0 unspecified atom stereocenters. The molecule has 0 aromatic heterocycles. The first-order chi connectivity index (χ1) is 62.3. The van der Waals surface area contributed by atoms with Crippen LogP contribution in [0.1, 0.15) is 411 Å². The predicted octanol–water partition coefficient (Wildman–Crippen LogP) is 28.6. The Hall–Kier alpha value is -5.18. The van der Waals surface area contributed by atoms with Gasteiger partial charge in [0.15, 0.2) is 0 Å². The molecule has 0 aromatic rings. The van der Waals surface area contributed by atoms with E-state index in [0.29, 0.717) is 100 Å². The summed E-state index contributed by atoms with van der Waals surface area (Å²) >= 11 is 6.51. The van der Waals surface area contributed by atoms with Gasteiger partial charge in [-0.25, -0.2) is 0 Å². The van der Waals surface area contributed by atoms with Crippen molar-refractivity contribution < 1.29 is 71.9 Å². The van der Waals surface area contributed by atoms with Gasteiger partial charge in [0, 0.05) is 32.5 Å². The number of hydrogen-bond acceptors (Lipinski definition) is 14. The zero-order valence-electron chi connectivity index (χ0n) is 89.5. The van der Waals surface area contributed by atoms with Gasteiger partial charge in [0.2, 0.25) is 5.24 Å². The van der Waals surface area contributed by atoms with Gasteiger partial charge in [0.25, 0.3) is 0 Å². The number of aliphatic carboxylic acids is 1. The van der Waals surface area contributed by atoms with Gasteiger partial charge < -0.3 is 28.8 Å². The minimum atomic E-state index is -0.881. The second kappa shape index (κ2) is 37.2. The number of hydrogen-bond donors (Lipinski definition) is 1. The molecular formula is C119H185ClO15. The lowest BCUT2D eigenvalue weighted by Crippen LogP contribution is -2.67. The summed E-state index contributed by atoms with van der Waals surface area (Å²) < 4.78 is 29.2. The summed E-state index contributed by atoms with van der Waals surface area (Å²) in [4.78, 5) is 116. The lowest BCUT2D eigenvalue weighted by Gasteiger charge is -2.73. The average Bonchev–Trinajstić information content (AvgIpc) is 1.50. The number of ketones is 2. The molecule has 15 saturated carbocycles. The van der Waals surface area contributed by atoms with Crippen molar-refractivity contribution in [2.45, 2.75) is 429 Å². The maximum Gasteiger partial charge on any atom is 0.306 e. The van der Waals surface area contributed by atoms with Gasteiger partial charge in [-0.05, 0) is 393 Å². The third-order valence-corrected chi connectivity index (χ3v) is 46.5. The summed E-state index contributed by atoms with van der Waals surface area (Å²) in [6, 6.07) is 0. The zero-order chi connectivity index (χ0) is 100. The van der Waals surface area contributed by atoms with E-state index in [-0.39, 0.29) is 186 Å². The number of Topliss-reactive ketones (excluding diaryl/α,β-unsaturated/α-hetero) is 2. The largest absolute Gasteiger partial charge is 0.481 e. The number of fused-ring (bicyclic) bond motifs is 21. The topological polar surface area (TPSA) is 220 Å². The highest BCUT2D eigenvalue weighted by molar-refractivity contribution is 6.64. The third kappa shape index (κ3) is 17.7. The fourth-order valence-electron chi connectivity index (χ4n) is 39.1. The fraction of sp³-hybridized carbons (Fsp3) is 0.840. The summed E-state index contributed by atoms with van der Waals surface area (Å²) in [6.45, 7) is 80.0. The number of ether oxygens (including phenoxy) is 5. The first-order valence-electron chi connectivity index (χ1n) is 53.8. The van der Waals surface area contributed by atoms with Crippen molar-refractivity contribution in [2.75, 3.05) is 13.2 Å². The SMILES string of the molecule is C=C(C)[C@@H]1CC[C@]2(C(C)=O)CC[C@]3(C)[C@H](CC[C@@H]4[C@@]5(C)CC[C@H](OC(=O)CC(C)(C)CC(=O)O)C(C)(C)[C@@H]5CC[C@]43C)[C@@H]12.C=CCOC(=O)CC(C)(C)CC(=O)O[C@H]1CC[C@]2(C)[C@H]3CC[C@@H]4[C@H]5[C@H](C(=C)C)CC[C@]5(C(=O)Cl)CC[C@@]4(C)[C@]3(C)CC[C@H]2C1(C)C.C=CCOC(=O)CC(C)(C)CC(=O)O[C@H]1CC[C@]2(C)[C@H]3CC[C@@H]4[C@H]5[C@H](C(=C)C)CC[C@]5(C(C)=O)CC[C@@]4(C)[C@]3(C)CC[C@H]2C1(C)C. The molecule has 0 bridgehead atoms. The summed E-state index contributed by atoms with van der Waals surface area (Å²) in [5.41, 5.74) is 2.63. The standard InChI is InChI=1S/C41H64O5.C40H61ClO5.C38H60O5/c1-12-23-45-33(43)24-36(5,6)25-34(44)46-32-17-18-38(9)30(37(32,7)8)16-19-40(11)31(38)14-13-29-35-28(26(2)3)15-20-41(35,27(4)42)22-21-39(29,40)10;1-11-22-45-31(42)23-35(4,5)24-32(43)46-30-16-17-37(8)28(36(30,6)7)15-18-39(10)29(37)13-12-27-33-26(25(2)3)14-19-40(33,34(41)44)21-20-38(27,39)9;1-23(2)25-13-18-38(24(3)39)20-19-36(9)26(32(25)38)11-12-28-35(8)16-15-29(34(6,7)27(35)14-17-37(28,36)10)43-31(42)22-33(4,5)21-30(40)41/h12,28-32,35H,1-2,13-25H2,3-11H3;11,26-30,33H,1-2,12-24H2,3-10H3;25-29,32H,1,11-22H2,2-10H3,(H,40,41)/t28-,29+,30-,31+,32-,35+,38-,39+,40+,41+;26-,27+,28-,29+,30-,33+,37-,38+,39+,40-;25-,26+,27-,28+,29-,32+,35-,36+,37+,38+/m000/s1. The van der Waals surface area contributed by atoms with Crippen LogP contribution in [-0.2, 0) is 66.8 Å². The van der Waals surface area contributed by atoms with Crippen LogP contribution in [0.25, 0.3) is 0 Å². The smallest absolute Gasteiger partial charge is 0.306 e. The van der Waals surface area contributed by atoms with Crippen LogP contribution in [0.4, 0.5) is 0 Å².